The molecular formula is C28H20I2N2O3S. The predicted octanol–water partition coefficient (Wildman–Crippen LogP) is 5.24. The maximum Gasteiger partial charge on any atom is 0.271 e. The summed E-state index contributed by atoms with van der Waals surface area (Å²) in [4.78, 5) is 19.6. The lowest BCUT2D eigenvalue weighted by Gasteiger charge is -2.31. The first-order chi connectivity index (χ1) is 17.4. The minimum Gasteiger partial charge on any atom is -0.506 e. The standard InChI is InChI=1S/C28H20I2N2O3S/c1-35-19-7-4-6-16(12-19)25-21-10-9-15-5-2-3-8-20(15)24(21)31-28-32(25)27(34)23(36-28)13-17-11-18(29)14-22(30)26(17)33/h2-8,11-14,25,33H,9-10H2,1H3/b23-13-/t25-/m0/s1. The Labute approximate surface area is 238 Å². The summed E-state index contributed by atoms with van der Waals surface area (Å²) in [6.07, 6.45) is 3.52. The molecule has 1 atom stereocenters. The second kappa shape index (κ2) is 9.46. The zero-order chi connectivity index (χ0) is 25.0. The van der Waals surface area contributed by atoms with Gasteiger partial charge in [-0.2, -0.15) is 0 Å². The van der Waals surface area contributed by atoms with E-state index in [-0.39, 0.29) is 17.4 Å². The molecule has 0 radical (unpaired) electrons. The summed E-state index contributed by atoms with van der Waals surface area (Å²) in [5, 5.41) is 10.7. The number of benzene rings is 3. The van der Waals surface area contributed by atoms with Gasteiger partial charge in [0, 0.05) is 14.7 Å². The minimum atomic E-state index is -0.272. The van der Waals surface area contributed by atoms with Crippen molar-refractivity contribution in [2.75, 3.05) is 7.11 Å². The number of phenolic OH excluding ortho intramolecular Hbond substituents is 1. The molecule has 0 bridgehead atoms. The van der Waals surface area contributed by atoms with Gasteiger partial charge in [-0.1, -0.05) is 47.7 Å². The Balaban J connectivity index is 1.64. The van der Waals surface area contributed by atoms with Crippen molar-refractivity contribution in [3.63, 3.8) is 0 Å². The Hall–Kier alpha value is -2.44. The van der Waals surface area contributed by atoms with Gasteiger partial charge in [0.1, 0.15) is 11.5 Å². The molecule has 8 heteroatoms. The van der Waals surface area contributed by atoms with Gasteiger partial charge < -0.3 is 9.84 Å². The SMILES string of the molecule is COc1cccc([C@H]2C3=C(N=c4s/c(=C\c5cc(I)cc(I)c5O)c(=O)n42)c2ccccc2CC3)c1. The van der Waals surface area contributed by atoms with Crippen LogP contribution in [0.25, 0.3) is 11.8 Å². The third-order valence-corrected chi connectivity index (χ3v) is 9.05. The summed E-state index contributed by atoms with van der Waals surface area (Å²) in [5.41, 5.74) is 6.04. The quantitative estimate of drug-likeness (QED) is 0.295. The van der Waals surface area contributed by atoms with Gasteiger partial charge in [0.05, 0.1) is 27.0 Å². The number of hydrogen-bond donors (Lipinski definition) is 1. The van der Waals surface area contributed by atoms with E-state index in [2.05, 4.69) is 69.4 Å². The van der Waals surface area contributed by atoms with Crippen molar-refractivity contribution < 1.29 is 9.84 Å². The van der Waals surface area contributed by atoms with Crippen molar-refractivity contribution in [1.29, 1.82) is 0 Å². The Morgan fingerprint density at radius 2 is 1.94 bits per heavy atom. The van der Waals surface area contributed by atoms with Crippen molar-refractivity contribution in [3.05, 3.63) is 115 Å². The fraction of sp³-hybridized carbons (Fsp3) is 0.143. The molecule has 6 rings (SSSR count). The van der Waals surface area contributed by atoms with Crippen LogP contribution in [0.4, 0.5) is 0 Å². The van der Waals surface area contributed by atoms with Gasteiger partial charge in [-0.05, 0) is 105 Å². The number of rotatable bonds is 3. The van der Waals surface area contributed by atoms with E-state index in [9.17, 15) is 9.90 Å². The van der Waals surface area contributed by atoms with E-state index in [0.717, 1.165) is 48.1 Å². The number of thiazole rings is 1. The van der Waals surface area contributed by atoms with E-state index in [4.69, 9.17) is 9.73 Å². The molecule has 0 saturated heterocycles. The number of aromatic hydroxyl groups is 1. The summed E-state index contributed by atoms with van der Waals surface area (Å²) in [6.45, 7) is 0. The molecule has 3 aromatic carbocycles. The van der Waals surface area contributed by atoms with Crippen LogP contribution in [0, 0.1) is 7.14 Å². The summed E-state index contributed by atoms with van der Waals surface area (Å²) >= 11 is 5.70. The molecule has 2 heterocycles. The van der Waals surface area contributed by atoms with Crippen LogP contribution in [0.1, 0.15) is 34.7 Å². The summed E-state index contributed by atoms with van der Waals surface area (Å²) in [7, 11) is 1.65. The molecular weight excluding hydrogens is 698 g/mol. The van der Waals surface area contributed by atoms with Crippen LogP contribution in [0.3, 0.4) is 0 Å². The number of ether oxygens (including phenoxy) is 1. The Bertz CT molecular complexity index is 1750. The van der Waals surface area contributed by atoms with E-state index in [1.165, 1.54) is 16.9 Å². The van der Waals surface area contributed by atoms with Crippen LogP contribution in [0.15, 0.2) is 76.0 Å². The highest BCUT2D eigenvalue weighted by Gasteiger charge is 2.32. The van der Waals surface area contributed by atoms with Crippen molar-refractivity contribution >= 4 is 68.3 Å². The zero-order valence-corrected chi connectivity index (χ0v) is 24.3. The Morgan fingerprint density at radius 3 is 2.78 bits per heavy atom. The van der Waals surface area contributed by atoms with Crippen LogP contribution < -0.4 is 19.6 Å². The molecule has 5 nitrogen and oxygen atoms in total. The van der Waals surface area contributed by atoms with Crippen LogP contribution in [-0.4, -0.2) is 16.8 Å². The molecule has 1 aromatic heterocycles. The Kier molecular flexibility index (Phi) is 6.29. The first-order valence-corrected chi connectivity index (χ1v) is 14.4. The monoisotopic (exact) mass is 718 g/mol. The fourth-order valence-electron chi connectivity index (χ4n) is 4.97. The topological polar surface area (TPSA) is 63.8 Å². The molecule has 0 spiro atoms. The third kappa shape index (κ3) is 4.03. The average molecular weight is 718 g/mol. The number of fused-ring (bicyclic) bond motifs is 3. The molecule has 0 unspecified atom stereocenters. The molecule has 1 N–H and O–H groups in total. The van der Waals surface area contributed by atoms with Gasteiger partial charge in [0.2, 0.25) is 0 Å². The number of phenols is 1. The fourth-order valence-corrected chi connectivity index (χ4v) is 7.85. The normalized spacial score (nSPS) is 16.8. The first kappa shape index (κ1) is 23.9. The molecule has 1 aliphatic heterocycles. The highest BCUT2D eigenvalue weighted by Crippen LogP contribution is 2.41. The highest BCUT2D eigenvalue weighted by atomic mass is 127. The van der Waals surface area contributed by atoms with E-state index in [0.29, 0.717) is 14.9 Å². The van der Waals surface area contributed by atoms with Crippen molar-refractivity contribution in [2.45, 2.75) is 18.9 Å². The lowest BCUT2D eigenvalue weighted by molar-refractivity contribution is 0.413. The molecule has 36 heavy (non-hydrogen) atoms. The maximum atomic E-state index is 13.9. The van der Waals surface area contributed by atoms with Crippen LogP contribution in [0.2, 0.25) is 0 Å². The number of aryl methyl sites for hydroxylation is 1. The zero-order valence-electron chi connectivity index (χ0n) is 19.2. The lowest BCUT2D eigenvalue weighted by Crippen LogP contribution is -2.38. The molecule has 180 valence electrons. The van der Waals surface area contributed by atoms with E-state index in [1.54, 1.807) is 13.2 Å². The van der Waals surface area contributed by atoms with Gasteiger partial charge in [0.25, 0.3) is 5.56 Å². The summed E-state index contributed by atoms with van der Waals surface area (Å²) in [5.74, 6) is 0.933. The number of hydrogen-bond acceptors (Lipinski definition) is 5. The maximum absolute atomic E-state index is 13.9. The van der Waals surface area contributed by atoms with Crippen LogP contribution >= 0.6 is 56.5 Å². The summed E-state index contributed by atoms with van der Waals surface area (Å²) < 4.78 is 9.62. The lowest BCUT2D eigenvalue weighted by atomic mass is 9.83. The van der Waals surface area contributed by atoms with Crippen LogP contribution in [-0.2, 0) is 6.42 Å². The largest absolute Gasteiger partial charge is 0.506 e. The number of methoxy groups -OCH3 is 1. The third-order valence-electron chi connectivity index (χ3n) is 6.63. The van der Waals surface area contributed by atoms with E-state index in [1.807, 2.05) is 41.0 Å². The minimum absolute atomic E-state index is 0.106. The highest BCUT2D eigenvalue weighted by molar-refractivity contribution is 14.1. The van der Waals surface area contributed by atoms with Gasteiger partial charge >= 0.3 is 0 Å². The van der Waals surface area contributed by atoms with Crippen molar-refractivity contribution in [2.24, 2.45) is 4.99 Å². The molecule has 0 saturated carbocycles. The van der Waals surface area contributed by atoms with E-state index < -0.39 is 0 Å². The molecule has 4 aromatic rings. The smallest absolute Gasteiger partial charge is 0.271 e. The number of aromatic nitrogens is 1. The van der Waals surface area contributed by atoms with Gasteiger partial charge in [-0.3, -0.25) is 9.36 Å². The van der Waals surface area contributed by atoms with Gasteiger partial charge in [-0.15, -0.1) is 0 Å². The Morgan fingerprint density at radius 1 is 1.11 bits per heavy atom. The average Bonchev–Trinajstić information content (AvgIpc) is 3.20. The number of allylic oxidation sites excluding steroid dienone is 1. The predicted molar refractivity (Wildman–Crippen MR) is 159 cm³/mol. The summed E-state index contributed by atoms with van der Waals surface area (Å²) in [6, 6.07) is 19.8. The first-order valence-electron chi connectivity index (χ1n) is 11.4. The van der Waals surface area contributed by atoms with Gasteiger partial charge in [0.15, 0.2) is 4.80 Å². The van der Waals surface area contributed by atoms with Crippen molar-refractivity contribution in [1.82, 2.24) is 4.57 Å². The van der Waals surface area contributed by atoms with Crippen LogP contribution in [0.5, 0.6) is 11.5 Å². The van der Waals surface area contributed by atoms with E-state index >= 15 is 0 Å². The number of halogens is 2. The molecule has 2 aliphatic rings. The van der Waals surface area contributed by atoms with Gasteiger partial charge in [-0.25, -0.2) is 4.99 Å². The molecule has 1 aliphatic carbocycles. The van der Waals surface area contributed by atoms with Crippen molar-refractivity contribution in [3.8, 4) is 11.5 Å². The molecule has 0 fully saturated rings. The second-order valence-corrected chi connectivity index (χ2v) is 12.1. The molecule has 0 amide bonds. The second-order valence-electron chi connectivity index (χ2n) is 8.72. The number of nitrogens with zero attached hydrogens (tertiary/aromatic N) is 2.